The number of hydrogen-bond acceptors (Lipinski definition) is 7. The number of pyridine rings is 1. The standard InChI is InChI=1S/C28H20Cl3F3N8O2/c1-15-7-8-20(30)24(26(44)36-13-16-4-2-5-17(29)10-16)19(15)12-23(43)22-11-18(14-41-39-27(37-40-41)28(32,33)34)38-42(22)25-21(31)6-3-9-35-25/h2-11H,12-14H2,1H3,(H,36,44). The first-order valence-corrected chi connectivity index (χ1v) is 13.9. The van der Waals surface area contributed by atoms with Crippen molar-refractivity contribution in [3.8, 4) is 5.82 Å². The Bertz CT molecular complexity index is 1870. The monoisotopic (exact) mass is 662 g/mol. The molecule has 44 heavy (non-hydrogen) atoms. The Morgan fingerprint density at radius 3 is 2.48 bits per heavy atom. The molecule has 0 fully saturated rings. The number of alkyl halides is 3. The third-order valence-electron chi connectivity index (χ3n) is 6.40. The Kier molecular flexibility index (Phi) is 9.00. The molecule has 0 aliphatic rings. The van der Waals surface area contributed by atoms with Gasteiger partial charge in [0.1, 0.15) is 12.2 Å². The van der Waals surface area contributed by atoms with Gasteiger partial charge in [0.05, 0.1) is 21.3 Å². The summed E-state index contributed by atoms with van der Waals surface area (Å²) in [6, 6.07) is 14.7. The maximum Gasteiger partial charge on any atom is 0.455 e. The fraction of sp³-hybridized carbons (Fsp3) is 0.179. The van der Waals surface area contributed by atoms with E-state index in [0.717, 1.165) is 5.56 Å². The highest BCUT2D eigenvalue weighted by atomic mass is 35.5. The maximum absolute atomic E-state index is 13.9. The number of nitrogens with one attached hydrogen (secondary N) is 1. The van der Waals surface area contributed by atoms with Crippen LogP contribution >= 0.6 is 34.8 Å². The van der Waals surface area contributed by atoms with Gasteiger partial charge in [-0.15, -0.1) is 10.2 Å². The second-order valence-electron chi connectivity index (χ2n) is 9.51. The first-order valence-electron chi connectivity index (χ1n) is 12.8. The summed E-state index contributed by atoms with van der Waals surface area (Å²) in [6.45, 7) is 1.56. The quantitative estimate of drug-likeness (QED) is 0.194. The number of amides is 1. The van der Waals surface area contributed by atoms with E-state index in [1.54, 1.807) is 49.4 Å². The van der Waals surface area contributed by atoms with Crippen molar-refractivity contribution in [1.82, 2.24) is 40.3 Å². The highest BCUT2D eigenvalue weighted by Gasteiger charge is 2.37. The number of aromatic nitrogens is 7. The maximum atomic E-state index is 13.9. The van der Waals surface area contributed by atoms with E-state index in [2.05, 4.69) is 30.8 Å². The van der Waals surface area contributed by atoms with Gasteiger partial charge in [0.2, 0.25) is 0 Å². The molecule has 1 N–H and O–H groups in total. The molecular formula is C28H20Cl3F3N8O2. The number of halogens is 6. The summed E-state index contributed by atoms with van der Waals surface area (Å²) in [6.07, 6.45) is -3.62. The molecule has 0 aliphatic carbocycles. The van der Waals surface area contributed by atoms with Crippen LogP contribution in [0.3, 0.4) is 0 Å². The summed E-state index contributed by atoms with van der Waals surface area (Å²) in [5.74, 6) is -2.31. The van der Waals surface area contributed by atoms with Crippen LogP contribution in [0.5, 0.6) is 0 Å². The van der Waals surface area contributed by atoms with Crippen molar-refractivity contribution in [2.24, 2.45) is 0 Å². The number of benzene rings is 2. The number of rotatable bonds is 9. The van der Waals surface area contributed by atoms with Crippen molar-refractivity contribution < 1.29 is 22.8 Å². The average molecular weight is 664 g/mol. The SMILES string of the molecule is Cc1ccc(Cl)c(C(=O)NCc2cccc(Cl)c2)c1CC(=O)c1cc(Cn2nnc(C(F)(F)F)n2)nn1-c1ncccc1Cl. The third kappa shape index (κ3) is 6.90. The smallest absolute Gasteiger partial charge is 0.348 e. The number of nitrogens with zero attached hydrogens (tertiary/aromatic N) is 7. The summed E-state index contributed by atoms with van der Waals surface area (Å²) < 4.78 is 40.1. The predicted molar refractivity (Wildman–Crippen MR) is 155 cm³/mol. The molecule has 5 aromatic rings. The minimum absolute atomic E-state index is 0.00132. The zero-order valence-electron chi connectivity index (χ0n) is 22.6. The fourth-order valence-corrected chi connectivity index (χ4v) is 5.01. The van der Waals surface area contributed by atoms with Crippen LogP contribution in [0.25, 0.3) is 5.82 Å². The number of Topliss-reactive ketones (excluding diaryl/α,β-unsaturated/α-hetero) is 1. The lowest BCUT2D eigenvalue weighted by Crippen LogP contribution is -2.25. The van der Waals surface area contributed by atoms with Gasteiger partial charge in [-0.2, -0.15) is 23.1 Å². The molecule has 0 radical (unpaired) electrons. The number of carbonyl (C=O) groups is 2. The highest BCUT2D eigenvalue weighted by molar-refractivity contribution is 6.34. The minimum Gasteiger partial charge on any atom is -0.348 e. The van der Waals surface area contributed by atoms with Gasteiger partial charge >= 0.3 is 6.18 Å². The Hall–Kier alpha value is -4.33. The lowest BCUT2D eigenvalue weighted by Gasteiger charge is -2.15. The normalized spacial score (nSPS) is 11.5. The molecule has 0 aliphatic heterocycles. The van der Waals surface area contributed by atoms with E-state index in [9.17, 15) is 22.8 Å². The first kappa shape index (κ1) is 31.1. The molecule has 16 heteroatoms. The first-order chi connectivity index (χ1) is 20.9. The van der Waals surface area contributed by atoms with E-state index < -0.39 is 23.7 Å². The van der Waals surface area contributed by atoms with Crippen LogP contribution < -0.4 is 5.32 Å². The summed E-state index contributed by atoms with van der Waals surface area (Å²) >= 11 is 18.9. The van der Waals surface area contributed by atoms with Gasteiger partial charge in [0.15, 0.2) is 11.6 Å². The zero-order valence-corrected chi connectivity index (χ0v) is 24.9. The van der Waals surface area contributed by atoms with Gasteiger partial charge < -0.3 is 5.32 Å². The number of ketones is 1. The molecule has 0 saturated carbocycles. The molecule has 0 bridgehead atoms. The van der Waals surface area contributed by atoms with Crippen molar-refractivity contribution in [3.05, 3.63) is 115 Å². The van der Waals surface area contributed by atoms with E-state index in [1.807, 2.05) is 0 Å². The third-order valence-corrected chi connectivity index (χ3v) is 7.24. The molecule has 10 nitrogen and oxygen atoms in total. The Morgan fingerprint density at radius 1 is 0.977 bits per heavy atom. The van der Waals surface area contributed by atoms with Crippen LogP contribution in [-0.2, 0) is 25.7 Å². The Balaban J connectivity index is 1.47. The van der Waals surface area contributed by atoms with Gasteiger partial charge in [-0.05, 0) is 65.2 Å². The van der Waals surface area contributed by atoms with Gasteiger partial charge in [0.25, 0.3) is 11.7 Å². The van der Waals surface area contributed by atoms with Crippen molar-refractivity contribution in [3.63, 3.8) is 0 Å². The second kappa shape index (κ2) is 12.7. The lowest BCUT2D eigenvalue weighted by atomic mass is 9.95. The number of aryl methyl sites for hydroxylation is 1. The summed E-state index contributed by atoms with van der Waals surface area (Å²) in [4.78, 5) is 32.1. The molecule has 0 spiro atoms. The number of carbonyl (C=O) groups excluding carboxylic acids is 2. The molecule has 3 heterocycles. The van der Waals surface area contributed by atoms with E-state index in [4.69, 9.17) is 34.8 Å². The summed E-state index contributed by atoms with van der Waals surface area (Å²) in [5, 5.41) is 17.8. The van der Waals surface area contributed by atoms with Crippen LogP contribution in [0.15, 0.2) is 60.8 Å². The van der Waals surface area contributed by atoms with Crippen LogP contribution in [-0.4, -0.2) is 46.7 Å². The van der Waals surface area contributed by atoms with Crippen LogP contribution in [0.2, 0.25) is 15.1 Å². The number of hydrogen-bond donors (Lipinski definition) is 1. The van der Waals surface area contributed by atoms with E-state index in [1.165, 1.54) is 23.0 Å². The molecule has 2 aromatic carbocycles. The number of tetrazole rings is 1. The van der Waals surface area contributed by atoms with Crippen LogP contribution in [0, 0.1) is 6.92 Å². The van der Waals surface area contributed by atoms with Gasteiger partial charge in [-0.1, -0.05) is 53.0 Å². The van der Waals surface area contributed by atoms with Crippen molar-refractivity contribution in [2.45, 2.75) is 32.6 Å². The topological polar surface area (TPSA) is 120 Å². The molecule has 5 rings (SSSR count). The van der Waals surface area contributed by atoms with Crippen molar-refractivity contribution in [1.29, 1.82) is 0 Å². The molecule has 0 unspecified atom stereocenters. The van der Waals surface area contributed by atoms with Crippen molar-refractivity contribution in [2.75, 3.05) is 0 Å². The lowest BCUT2D eigenvalue weighted by molar-refractivity contribution is -0.145. The largest absolute Gasteiger partial charge is 0.455 e. The van der Waals surface area contributed by atoms with Crippen LogP contribution in [0.4, 0.5) is 13.2 Å². The Labute approximate surface area is 262 Å². The van der Waals surface area contributed by atoms with Gasteiger partial charge in [-0.3, -0.25) is 9.59 Å². The van der Waals surface area contributed by atoms with E-state index in [-0.39, 0.29) is 52.3 Å². The van der Waals surface area contributed by atoms with E-state index in [0.29, 0.717) is 20.9 Å². The highest BCUT2D eigenvalue weighted by Crippen LogP contribution is 2.28. The average Bonchev–Trinajstić information content (AvgIpc) is 3.62. The van der Waals surface area contributed by atoms with Crippen LogP contribution in [0.1, 0.15) is 49.1 Å². The van der Waals surface area contributed by atoms with E-state index >= 15 is 0 Å². The fourth-order valence-electron chi connectivity index (χ4n) is 4.33. The second-order valence-corrected chi connectivity index (χ2v) is 10.8. The molecule has 0 saturated heterocycles. The molecule has 1 amide bonds. The zero-order chi connectivity index (χ0) is 31.6. The molecular weight excluding hydrogens is 644 g/mol. The molecule has 0 atom stereocenters. The molecule has 3 aromatic heterocycles. The summed E-state index contributed by atoms with van der Waals surface area (Å²) in [7, 11) is 0. The summed E-state index contributed by atoms with van der Waals surface area (Å²) in [5.41, 5.74) is 2.02. The molecule has 226 valence electrons. The predicted octanol–water partition coefficient (Wildman–Crippen LogP) is 5.94. The van der Waals surface area contributed by atoms with Crippen molar-refractivity contribution >= 4 is 46.5 Å². The van der Waals surface area contributed by atoms with Gasteiger partial charge in [0, 0.05) is 24.2 Å². The Morgan fingerprint density at radius 2 is 1.77 bits per heavy atom. The minimum atomic E-state index is -4.78. The van der Waals surface area contributed by atoms with Gasteiger partial charge in [-0.25, -0.2) is 9.67 Å².